The molecule has 0 bridgehead atoms. The third-order valence-electron chi connectivity index (χ3n) is 2.34. The number of aromatic nitrogens is 3. The van der Waals surface area contributed by atoms with E-state index in [2.05, 4.69) is 15.0 Å². The molecule has 0 aliphatic carbocycles. The molecule has 0 radical (unpaired) electrons. The number of rotatable bonds is 5. The molecule has 0 unspecified atom stereocenters. The van der Waals surface area contributed by atoms with E-state index in [-0.39, 0.29) is 0 Å². The van der Waals surface area contributed by atoms with E-state index < -0.39 is 0 Å². The van der Waals surface area contributed by atoms with Gasteiger partial charge in [0, 0.05) is 31.7 Å². The SMILES string of the molecule is NC(=NCCCn1ccnc1)c1ccccn1. The second-order valence-electron chi connectivity index (χ2n) is 3.64. The van der Waals surface area contributed by atoms with Gasteiger partial charge in [0.05, 0.1) is 6.33 Å². The Morgan fingerprint density at radius 3 is 3.00 bits per heavy atom. The lowest BCUT2D eigenvalue weighted by atomic mass is 10.3. The highest BCUT2D eigenvalue weighted by Gasteiger charge is 1.97. The van der Waals surface area contributed by atoms with Crippen molar-refractivity contribution in [2.24, 2.45) is 10.7 Å². The Bertz CT molecular complexity index is 461. The molecule has 17 heavy (non-hydrogen) atoms. The predicted molar refractivity (Wildman–Crippen MR) is 66.7 cm³/mol. The smallest absolute Gasteiger partial charge is 0.144 e. The number of imidazole rings is 1. The van der Waals surface area contributed by atoms with Gasteiger partial charge in [-0.2, -0.15) is 0 Å². The van der Waals surface area contributed by atoms with Gasteiger partial charge < -0.3 is 10.3 Å². The van der Waals surface area contributed by atoms with Gasteiger partial charge in [-0.25, -0.2) is 4.98 Å². The Labute approximate surface area is 100 Å². The van der Waals surface area contributed by atoms with Crippen LogP contribution in [0.4, 0.5) is 0 Å². The largest absolute Gasteiger partial charge is 0.382 e. The van der Waals surface area contributed by atoms with Crippen molar-refractivity contribution in [1.82, 2.24) is 14.5 Å². The van der Waals surface area contributed by atoms with Crippen molar-refractivity contribution in [1.29, 1.82) is 0 Å². The lowest BCUT2D eigenvalue weighted by Crippen LogP contribution is -2.15. The topological polar surface area (TPSA) is 69.1 Å². The summed E-state index contributed by atoms with van der Waals surface area (Å²) in [6, 6.07) is 5.61. The lowest BCUT2D eigenvalue weighted by molar-refractivity contribution is 0.650. The highest BCUT2D eigenvalue weighted by atomic mass is 15.0. The van der Waals surface area contributed by atoms with E-state index in [9.17, 15) is 0 Å². The maximum atomic E-state index is 5.82. The molecule has 0 amide bonds. The third-order valence-corrected chi connectivity index (χ3v) is 2.34. The summed E-state index contributed by atoms with van der Waals surface area (Å²) in [7, 11) is 0. The normalized spacial score (nSPS) is 11.6. The highest BCUT2D eigenvalue weighted by molar-refractivity contribution is 5.95. The Morgan fingerprint density at radius 1 is 1.35 bits per heavy atom. The Hall–Kier alpha value is -2.17. The number of amidine groups is 1. The van der Waals surface area contributed by atoms with Crippen molar-refractivity contribution in [2.75, 3.05) is 6.54 Å². The summed E-state index contributed by atoms with van der Waals surface area (Å²) in [5, 5.41) is 0. The number of nitrogens with zero attached hydrogens (tertiary/aromatic N) is 4. The first kappa shape index (κ1) is 11.3. The molecule has 0 aliphatic heterocycles. The summed E-state index contributed by atoms with van der Waals surface area (Å²) < 4.78 is 2.02. The Balaban J connectivity index is 1.81. The van der Waals surface area contributed by atoms with Gasteiger partial charge in [0.2, 0.25) is 0 Å². The molecule has 0 atom stereocenters. The molecule has 5 heteroatoms. The van der Waals surface area contributed by atoms with Crippen LogP contribution >= 0.6 is 0 Å². The fraction of sp³-hybridized carbons (Fsp3) is 0.250. The molecular formula is C12H15N5. The first-order valence-electron chi connectivity index (χ1n) is 5.53. The van der Waals surface area contributed by atoms with E-state index in [4.69, 9.17) is 5.73 Å². The van der Waals surface area contributed by atoms with Gasteiger partial charge >= 0.3 is 0 Å². The van der Waals surface area contributed by atoms with Crippen molar-refractivity contribution < 1.29 is 0 Å². The standard InChI is InChI=1S/C12H15N5/c13-12(11-4-1-2-5-15-11)16-6-3-8-17-9-7-14-10-17/h1-2,4-5,7,9-10H,3,6,8H2,(H2,13,16). The van der Waals surface area contributed by atoms with Crippen molar-refractivity contribution in [3.05, 3.63) is 48.8 Å². The first-order valence-corrected chi connectivity index (χ1v) is 5.53. The Morgan fingerprint density at radius 2 is 2.29 bits per heavy atom. The predicted octanol–water partition coefficient (Wildman–Crippen LogP) is 1.07. The molecule has 2 aromatic heterocycles. The summed E-state index contributed by atoms with van der Waals surface area (Å²) in [6.07, 6.45) is 8.15. The molecule has 0 fully saturated rings. The number of nitrogens with two attached hydrogens (primary N) is 1. The second-order valence-corrected chi connectivity index (χ2v) is 3.64. The van der Waals surface area contributed by atoms with Crippen LogP contribution in [-0.4, -0.2) is 26.9 Å². The van der Waals surface area contributed by atoms with Gasteiger partial charge in [-0.15, -0.1) is 0 Å². The molecule has 2 heterocycles. The van der Waals surface area contributed by atoms with Crippen molar-refractivity contribution in [3.63, 3.8) is 0 Å². The molecule has 0 saturated heterocycles. The minimum absolute atomic E-state index is 0.497. The molecular weight excluding hydrogens is 214 g/mol. The number of hydrogen-bond donors (Lipinski definition) is 1. The maximum Gasteiger partial charge on any atom is 0.144 e. The van der Waals surface area contributed by atoms with E-state index >= 15 is 0 Å². The van der Waals surface area contributed by atoms with Crippen LogP contribution < -0.4 is 5.73 Å². The lowest BCUT2D eigenvalue weighted by Gasteiger charge is -2.01. The van der Waals surface area contributed by atoms with Crippen molar-refractivity contribution >= 4 is 5.84 Å². The summed E-state index contributed by atoms with van der Waals surface area (Å²) >= 11 is 0. The van der Waals surface area contributed by atoms with Gasteiger partial charge in [0.1, 0.15) is 11.5 Å². The zero-order valence-corrected chi connectivity index (χ0v) is 9.53. The zero-order valence-electron chi connectivity index (χ0n) is 9.53. The fourth-order valence-electron chi connectivity index (χ4n) is 1.47. The molecule has 2 aromatic rings. The number of aryl methyl sites for hydroxylation is 1. The molecule has 2 N–H and O–H groups in total. The fourth-order valence-corrected chi connectivity index (χ4v) is 1.47. The summed E-state index contributed by atoms with van der Waals surface area (Å²) in [5.74, 6) is 0.497. The van der Waals surface area contributed by atoms with E-state index in [1.807, 2.05) is 29.0 Å². The van der Waals surface area contributed by atoms with Crippen LogP contribution in [0.5, 0.6) is 0 Å². The van der Waals surface area contributed by atoms with Crippen LogP contribution in [0.3, 0.4) is 0 Å². The molecule has 0 saturated carbocycles. The Kier molecular flexibility index (Phi) is 3.85. The van der Waals surface area contributed by atoms with Gasteiger partial charge in [0.25, 0.3) is 0 Å². The van der Waals surface area contributed by atoms with E-state index in [0.29, 0.717) is 12.4 Å². The van der Waals surface area contributed by atoms with Crippen LogP contribution in [0, 0.1) is 0 Å². The van der Waals surface area contributed by atoms with Crippen molar-refractivity contribution in [3.8, 4) is 0 Å². The summed E-state index contributed by atoms with van der Waals surface area (Å²) in [4.78, 5) is 12.4. The van der Waals surface area contributed by atoms with Gasteiger partial charge in [-0.3, -0.25) is 9.98 Å². The number of hydrogen-bond acceptors (Lipinski definition) is 3. The van der Waals surface area contributed by atoms with Crippen molar-refractivity contribution in [2.45, 2.75) is 13.0 Å². The van der Waals surface area contributed by atoms with Crippen LogP contribution in [0.25, 0.3) is 0 Å². The summed E-state index contributed by atoms with van der Waals surface area (Å²) in [6.45, 7) is 1.60. The third kappa shape index (κ3) is 3.41. The minimum Gasteiger partial charge on any atom is -0.382 e. The molecule has 88 valence electrons. The molecule has 0 aromatic carbocycles. The van der Waals surface area contributed by atoms with E-state index in [0.717, 1.165) is 18.7 Å². The van der Waals surface area contributed by atoms with E-state index in [1.54, 1.807) is 18.7 Å². The molecule has 2 rings (SSSR count). The molecule has 0 spiro atoms. The first-order chi connectivity index (χ1) is 8.36. The van der Waals surface area contributed by atoms with Gasteiger partial charge in [-0.05, 0) is 18.6 Å². The van der Waals surface area contributed by atoms with Crippen LogP contribution in [-0.2, 0) is 6.54 Å². The van der Waals surface area contributed by atoms with Gasteiger partial charge in [0.15, 0.2) is 0 Å². The molecule has 0 aliphatic rings. The quantitative estimate of drug-likeness (QED) is 0.473. The second kappa shape index (κ2) is 5.79. The van der Waals surface area contributed by atoms with Crippen LogP contribution in [0.2, 0.25) is 0 Å². The number of aliphatic imine (C=N–C) groups is 1. The monoisotopic (exact) mass is 229 g/mol. The molecule has 5 nitrogen and oxygen atoms in total. The number of pyridine rings is 1. The van der Waals surface area contributed by atoms with Crippen LogP contribution in [0.1, 0.15) is 12.1 Å². The van der Waals surface area contributed by atoms with Crippen LogP contribution in [0.15, 0.2) is 48.1 Å². The maximum absolute atomic E-state index is 5.82. The average molecular weight is 229 g/mol. The van der Waals surface area contributed by atoms with Gasteiger partial charge in [-0.1, -0.05) is 6.07 Å². The van der Waals surface area contributed by atoms with E-state index in [1.165, 1.54) is 0 Å². The highest BCUT2D eigenvalue weighted by Crippen LogP contribution is 1.95. The summed E-state index contributed by atoms with van der Waals surface area (Å²) in [5.41, 5.74) is 6.55. The minimum atomic E-state index is 0.497. The average Bonchev–Trinajstić information content (AvgIpc) is 2.88. The zero-order chi connectivity index (χ0) is 11.9.